The molecule has 0 aliphatic heterocycles. The molecule has 6 heteroatoms. The molecule has 0 unspecified atom stereocenters. The Hall–Kier alpha value is -0.0900. The van der Waals surface area contributed by atoms with Gasteiger partial charge >= 0.3 is 0 Å². The molecule has 0 aliphatic rings. The third-order valence-electron chi connectivity index (χ3n) is 2.12. The van der Waals surface area contributed by atoms with Gasteiger partial charge in [-0.25, -0.2) is 0 Å². The van der Waals surface area contributed by atoms with Crippen molar-refractivity contribution in [2.45, 2.75) is 23.6 Å². The summed E-state index contributed by atoms with van der Waals surface area (Å²) in [4.78, 5) is 13.7. The van der Waals surface area contributed by atoms with E-state index >= 15 is 0 Å². The van der Waals surface area contributed by atoms with E-state index in [1.807, 2.05) is 44.2 Å². The first-order valence-corrected chi connectivity index (χ1v) is 7.36. The number of hydrogen-bond donors (Lipinski definition) is 0. The fourth-order valence-corrected chi connectivity index (χ4v) is 1.96. The summed E-state index contributed by atoms with van der Waals surface area (Å²) in [6.45, 7) is 3.77. The van der Waals surface area contributed by atoms with Crippen molar-refractivity contribution in [1.29, 1.82) is 0 Å². The summed E-state index contributed by atoms with van der Waals surface area (Å²) in [6, 6.07) is 9.13. The summed E-state index contributed by atoms with van der Waals surface area (Å²) in [5.74, 6) is -0.443. The van der Waals surface area contributed by atoms with E-state index in [9.17, 15) is 4.79 Å². The molecule has 1 aromatic carbocycles. The Kier molecular flexibility index (Phi) is 5.45. The molecule has 17 heavy (non-hydrogen) atoms. The molecule has 0 fully saturated rings. The molecule has 0 bridgehead atoms. The van der Waals surface area contributed by atoms with Gasteiger partial charge in [0, 0.05) is 11.7 Å². The van der Waals surface area contributed by atoms with Crippen LogP contribution >= 0.6 is 44.9 Å². The number of benzene rings is 1. The number of anilines is 1. The van der Waals surface area contributed by atoms with Crippen molar-refractivity contribution in [1.82, 2.24) is 0 Å². The Morgan fingerprint density at radius 2 is 1.82 bits per heavy atom. The van der Waals surface area contributed by atoms with E-state index in [-0.39, 0.29) is 6.04 Å². The molecule has 0 heterocycles. The van der Waals surface area contributed by atoms with Crippen LogP contribution in [0.15, 0.2) is 30.3 Å². The van der Waals surface area contributed by atoms with Crippen LogP contribution in [0, 0.1) is 0 Å². The maximum absolute atomic E-state index is 12.2. The number of para-hydroxylation sites is 1. The zero-order valence-corrected chi connectivity index (χ0v) is 12.4. The lowest BCUT2D eigenvalue weighted by atomic mass is 10.2. The van der Waals surface area contributed by atoms with Crippen molar-refractivity contribution in [2.75, 3.05) is 4.90 Å². The largest absolute Gasteiger partial charge is 0.307 e. The fraction of sp³-hybridized carbons (Fsp3) is 0.364. The summed E-state index contributed by atoms with van der Waals surface area (Å²) < 4.78 is -1.68. The van der Waals surface area contributed by atoms with Gasteiger partial charge in [-0.1, -0.05) is 41.4 Å². The van der Waals surface area contributed by atoms with Gasteiger partial charge in [0.2, 0.25) is 0 Å². The highest BCUT2D eigenvalue weighted by Gasteiger charge is 2.39. The number of alkyl halides is 2. The third-order valence-corrected chi connectivity index (χ3v) is 4.44. The molecule has 0 radical (unpaired) electrons. The van der Waals surface area contributed by atoms with Gasteiger partial charge in [0.15, 0.2) is 0 Å². The van der Waals surface area contributed by atoms with E-state index in [2.05, 4.69) is 0 Å². The Morgan fingerprint density at radius 3 is 2.24 bits per heavy atom. The summed E-state index contributed by atoms with van der Waals surface area (Å²) in [5, 5.41) is 0. The van der Waals surface area contributed by atoms with Crippen LogP contribution in [-0.4, -0.2) is 15.6 Å². The Morgan fingerprint density at radius 1 is 1.29 bits per heavy atom. The second-order valence-electron chi connectivity index (χ2n) is 3.70. The Labute approximate surface area is 120 Å². The van der Waals surface area contributed by atoms with Gasteiger partial charge in [0.05, 0.1) is 0 Å². The normalized spacial score (nSPS) is 11.6. The summed E-state index contributed by atoms with van der Waals surface area (Å²) >= 11 is 11.7. The van der Waals surface area contributed by atoms with E-state index < -0.39 is 9.57 Å². The molecule has 0 spiro atoms. The predicted octanol–water partition coefficient (Wildman–Crippen LogP) is 4.45. The minimum absolute atomic E-state index is 0.0643. The van der Waals surface area contributed by atoms with Crippen molar-refractivity contribution < 1.29 is 4.79 Å². The zero-order valence-electron chi connectivity index (χ0n) is 9.36. The van der Waals surface area contributed by atoms with Crippen LogP contribution in [0.5, 0.6) is 0 Å². The van der Waals surface area contributed by atoms with Crippen molar-refractivity contribution >= 4 is 56.5 Å². The van der Waals surface area contributed by atoms with E-state index in [1.54, 1.807) is 0 Å². The van der Waals surface area contributed by atoms with Crippen LogP contribution in [-0.2, 0) is 4.79 Å². The molecular weight excluding hydrogens is 301 g/mol. The van der Waals surface area contributed by atoms with Crippen molar-refractivity contribution in [2.24, 2.45) is 0 Å². The van der Waals surface area contributed by atoms with Crippen LogP contribution in [0.2, 0.25) is 0 Å². The lowest BCUT2D eigenvalue weighted by Crippen LogP contribution is -2.44. The summed E-state index contributed by atoms with van der Waals surface area (Å²) in [6.07, 6.45) is 0. The molecule has 0 saturated carbocycles. The van der Waals surface area contributed by atoms with Crippen molar-refractivity contribution in [3.05, 3.63) is 30.3 Å². The fourth-order valence-electron chi connectivity index (χ4n) is 1.41. The number of halogens is 3. The number of amides is 1. The molecule has 0 atom stereocenters. The molecule has 0 saturated heterocycles. The molecule has 94 valence electrons. The van der Waals surface area contributed by atoms with Crippen LogP contribution in [0.4, 0.5) is 5.69 Å². The van der Waals surface area contributed by atoms with E-state index in [0.717, 1.165) is 5.69 Å². The second kappa shape index (κ2) is 6.19. The quantitative estimate of drug-likeness (QED) is 0.766. The van der Waals surface area contributed by atoms with E-state index in [4.69, 9.17) is 33.9 Å². The first-order chi connectivity index (χ1) is 7.90. The highest BCUT2D eigenvalue weighted by molar-refractivity contribution is 8.24. The average Bonchev–Trinajstić information content (AvgIpc) is 2.30. The number of rotatable bonds is 4. The van der Waals surface area contributed by atoms with Gasteiger partial charge in [0.1, 0.15) is 0 Å². The first-order valence-electron chi connectivity index (χ1n) is 4.96. The molecule has 1 aromatic rings. The maximum atomic E-state index is 12.2. The summed E-state index contributed by atoms with van der Waals surface area (Å²) in [7, 11) is 6.12. The third kappa shape index (κ3) is 3.68. The second-order valence-corrected chi connectivity index (χ2v) is 6.70. The van der Waals surface area contributed by atoms with Gasteiger partial charge in [-0.05, 0) is 47.6 Å². The maximum Gasteiger partial charge on any atom is 0.275 e. The molecule has 1 amide bonds. The van der Waals surface area contributed by atoms with Crippen LogP contribution < -0.4 is 4.90 Å². The zero-order chi connectivity index (χ0) is 13.1. The smallest absolute Gasteiger partial charge is 0.275 e. The molecule has 0 aromatic heterocycles. The Balaban J connectivity index is 3.08. The van der Waals surface area contributed by atoms with Crippen molar-refractivity contribution in [3.63, 3.8) is 0 Å². The summed E-state index contributed by atoms with van der Waals surface area (Å²) in [5.41, 5.74) is 0.740. The molecule has 0 N–H and O–H groups in total. The van der Waals surface area contributed by atoms with E-state index in [0.29, 0.717) is 11.0 Å². The van der Waals surface area contributed by atoms with Crippen LogP contribution in [0.3, 0.4) is 0 Å². The number of nitrogens with zero attached hydrogens (tertiary/aromatic N) is 1. The standard InChI is InChI=1S/C11H12Cl3NOS/c1-8(2)15(9-6-4-3-5-7-9)10(16)11(12,13)17-14/h3-8H,1-2H3. The van der Waals surface area contributed by atoms with Gasteiger partial charge in [-0.2, -0.15) is 0 Å². The highest BCUT2D eigenvalue weighted by Crippen LogP contribution is 2.40. The molecular formula is C11H12Cl3NOS. The predicted molar refractivity (Wildman–Crippen MR) is 76.9 cm³/mol. The van der Waals surface area contributed by atoms with Gasteiger partial charge in [0.25, 0.3) is 9.57 Å². The van der Waals surface area contributed by atoms with Crippen LogP contribution in [0.1, 0.15) is 13.8 Å². The number of hydrogen-bond acceptors (Lipinski definition) is 2. The van der Waals surface area contributed by atoms with Gasteiger partial charge in [-0.3, -0.25) is 4.79 Å². The lowest BCUT2D eigenvalue weighted by molar-refractivity contribution is -0.117. The van der Waals surface area contributed by atoms with Gasteiger partial charge in [-0.15, -0.1) is 0 Å². The van der Waals surface area contributed by atoms with Crippen molar-refractivity contribution in [3.8, 4) is 0 Å². The molecule has 0 aliphatic carbocycles. The minimum atomic E-state index is -1.68. The van der Waals surface area contributed by atoms with Gasteiger partial charge < -0.3 is 4.90 Å². The number of carbonyl (C=O) groups excluding carboxylic acids is 1. The first kappa shape index (κ1) is 15.0. The SMILES string of the molecule is CC(C)N(C(=O)C(Cl)(Cl)SCl)c1ccccc1. The topological polar surface area (TPSA) is 20.3 Å². The van der Waals surface area contributed by atoms with E-state index in [1.165, 1.54) is 4.90 Å². The highest BCUT2D eigenvalue weighted by atomic mass is 35.7. The molecule has 2 nitrogen and oxygen atoms in total. The average molecular weight is 313 g/mol. The monoisotopic (exact) mass is 311 g/mol. The Bertz CT molecular complexity index is 384. The lowest BCUT2D eigenvalue weighted by Gasteiger charge is -2.30. The van der Waals surface area contributed by atoms with Crippen LogP contribution in [0.25, 0.3) is 0 Å². The minimum Gasteiger partial charge on any atom is -0.307 e. The number of carbonyl (C=O) groups is 1. The molecule has 1 rings (SSSR count).